The van der Waals surface area contributed by atoms with Gasteiger partial charge >= 0.3 is 19.3 Å². The normalized spacial score (nSPS) is 10.9. The number of aromatic amines is 2. The van der Waals surface area contributed by atoms with E-state index in [0.717, 1.165) is 16.8 Å². The fourth-order valence-electron chi connectivity index (χ4n) is 2.49. The summed E-state index contributed by atoms with van der Waals surface area (Å²) in [5.41, 5.74) is -1.72. The summed E-state index contributed by atoms with van der Waals surface area (Å²) >= 11 is 0. The molecule has 0 aliphatic heterocycles. The zero-order valence-electron chi connectivity index (χ0n) is 13.1. The first-order valence-electron chi connectivity index (χ1n) is 7.29. The summed E-state index contributed by atoms with van der Waals surface area (Å²) in [6.07, 6.45) is 0. The van der Waals surface area contributed by atoms with Gasteiger partial charge in [-0.3, -0.25) is 19.7 Å². The highest BCUT2D eigenvalue weighted by Crippen LogP contribution is 2.37. The molecule has 0 bridgehead atoms. The second-order valence-corrected chi connectivity index (χ2v) is 6.34. The Labute approximate surface area is 153 Å². The minimum absolute atomic E-state index is 0. The molecule has 10 nitrogen and oxygen atoms in total. The number of aromatic nitrogens is 2. The zero-order valence-corrected chi connectivity index (χ0v) is 14.0. The summed E-state index contributed by atoms with van der Waals surface area (Å²) in [6, 6.07) is 10.8. The molecule has 3 rings (SSSR count). The molecule has 27 heavy (non-hydrogen) atoms. The van der Waals surface area contributed by atoms with Crippen LogP contribution < -0.4 is 15.8 Å². The lowest BCUT2D eigenvalue weighted by Gasteiger charge is -2.13. The van der Waals surface area contributed by atoms with E-state index in [1.165, 1.54) is 0 Å². The summed E-state index contributed by atoms with van der Waals surface area (Å²) in [5.74, 6) is 0. The van der Waals surface area contributed by atoms with Gasteiger partial charge in [0.25, 0.3) is 5.69 Å². The van der Waals surface area contributed by atoms with Gasteiger partial charge in [0, 0.05) is 12.1 Å². The Morgan fingerprint density at radius 2 is 1.74 bits per heavy atom. The maximum Gasteiger partial charge on any atom is 0.643 e. The van der Waals surface area contributed by atoms with Crippen molar-refractivity contribution in [3.8, 4) is 0 Å². The Morgan fingerprint density at radius 3 is 2.33 bits per heavy atom. The molecule has 0 saturated carbocycles. The number of nitro groups is 1. The van der Waals surface area contributed by atoms with Crippen LogP contribution in [-0.2, 0) is 11.1 Å². The molecular formula is C16H16N4O6P+. The summed E-state index contributed by atoms with van der Waals surface area (Å²) in [5, 5.41) is 11.2. The van der Waals surface area contributed by atoms with Crippen molar-refractivity contribution in [2.75, 3.05) is 4.67 Å². The van der Waals surface area contributed by atoms with Crippen molar-refractivity contribution in [1.82, 2.24) is 9.97 Å². The van der Waals surface area contributed by atoms with Gasteiger partial charge in [-0.25, -0.2) is 0 Å². The third kappa shape index (κ3) is 4.08. The van der Waals surface area contributed by atoms with Crippen molar-refractivity contribution in [3.05, 3.63) is 78.8 Å². The van der Waals surface area contributed by atoms with Crippen LogP contribution in [-0.4, -0.2) is 19.8 Å². The first-order chi connectivity index (χ1) is 12.4. The smallest absolute Gasteiger partial charge is 0.316 e. The van der Waals surface area contributed by atoms with E-state index in [1.54, 1.807) is 30.3 Å². The Hall–Kier alpha value is -3.36. The number of rotatable bonds is 5. The summed E-state index contributed by atoms with van der Waals surface area (Å²) in [7, 11) is -2.94. The van der Waals surface area contributed by atoms with E-state index < -0.39 is 29.9 Å². The molecule has 0 spiro atoms. The number of fused-ring (bicyclic) bond motifs is 1. The molecule has 0 aliphatic rings. The topological polar surface area (TPSA) is 149 Å². The number of anilines is 1. The van der Waals surface area contributed by atoms with E-state index in [-0.39, 0.29) is 30.7 Å². The van der Waals surface area contributed by atoms with E-state index in [9.17, 15) is 29.2 Å². The van der Waals surface area contributed by atoms with E-state index in [0.29, 0.717) is 5.56 Å². The zero-order chi connectivity index (χ0) is 18.8. The number of non-ortho nitro benzene ring substituents is 1. The molecule has 3 aromatic rings. The first kappa shape index (κ1) is 20.0. The maximum absolute atomic E-state index is 11.9. The molecule has 3 N–H and O–H groups in total. The molecule has 11 heteroatoms. The van der Waals surface area contributed by atoms with Crippen LogP contribution in [0.4, 0.5) is 11.4 Å². The Bertz CT molecular complexity index is 1130. The molecule has 1 unspecified atom stereocenters. The first-order valence-corrected chi connectivity index (χ1v) is 8.45. The number of nitro benzene ring substituents is 1. The fourth-order valence-corrected chi connectivity index (χ4v) is 3.12. The third-order valence-electron chi connectivity index (χ3n) is 3.67. The lowest BCUT2D eigenvalue weighted by Crippen LogP contribution is -2.29. The lowest BCUT2D eigenvalue weighted by molar-refractivity contribution is -0.384. The fraction of sp³-hybridized carbons (Fsp3) is 0.125. The Kier molecular flexibility index (Phi) is 5.84. The summed E-state index contributed by atoms with van der Waals surface area (Å²) < 4.78 is 12.9. The van der Waals surface area contributed by atoms with Crippen LogP contribution in [0.25, 0.3) is 11.0 Å². The van der Waals surface area contributed by atoms with Crippen molar-refractivity contribution in [1.29, 1.82) is 0 Å². The standard InChI is InChI=1S/C15H11N4O6P.CH4/c20-14-15(21)17-13-11(16-14)6-10(19(22)23)7-12(13)18(26(24)25)8-9-4-2-1-3-5-9;/h1-7H,8H2,(H2-,16,17,20,21,24,25);1H4/p+1. The average molecular weight is 391 g/mol. The Balaban J connectivity index is 0.00000261. The number of hydrogen-bond acceptors (Lipinski definition) is 5. The average Bonchev–Trinajstić information content (AvgIpc) is 2.60. The quantitative estimate of drug-likeness (QED) is 0.262. The summed E-state index contributed by atoms with van der Waals surface area (Å²) in [4.78, 5) is 48.0. The molecule has 140 valence electrons. The van der Waals surface area contributed by atoms with Gasteiger partial charge in [0.2, 0.25) is 0 Å². The molecular weight excluding hydrogens is 375 g/mol. The monoisotopic (exact) mass is 391 g/mol. The van der Waals surface area contributed by atoms with Gasteiger partial charge in [-0.2, -0.15) is 0 Å². The highest BCUT2D eigenvalue weighted by molar-refractivity contribution is 7.40. The minimum atomic E-state index is -2.94. The molecule has 1 heterocycles. The van der Waals surface area contributed by atoms with Crippen molar-refractivity contribution in [3.63, 3.8) is 0 Å². The second kappa shape index (κ2) is 7.90. The molecule has 1 atom stereocenters. The summed E-state index contributed by atoms with van der Waals surface area (Å²) in [6.45, 7) is -0.0377. The maximum atomic E-state index is 11.9. The molecule has 0 aliphatic carbocycles. The van der Waals surface area contributed by atoms with E-state index in [1.807, 2.05) is 0 Å². The van der Waals surface area contributed by atoms with Crippen LogP contribution >= 0.6 is 8.18 Å². The van der Waals surface area contributed by atoms with Crippen LogP contribution in [0.2, 0.25) is 0 Å². The van der Waals surface area contributed by atoms with Gasteiger partial charge in [-0.1, -0.05) is 37.8 Å². The number of benzene rings is 2. The second-order valence-electron chi connectivity index (χ2n) is 5.35. The molecule has 0 saturated heterocycles. The van der Waals surface area contributed by atoms with Crippen LogP contribution in [0.1, 0.15) is 13.0 Å². The van der Waals surface area contributed by atoms with Crippen molar-refractivity contribution in [2.45, 2.75) is 14.0 Å². The van der Waals surface area contributed by atoms with Gasteiger partial charge in [-0.15, -0.1) is 9.56 Å². The Morgan fingerprint density at radius 1 is 1.11 bits per heavy atom. The molecule has 2 aromatic carbocycles. The highest BCUT2D eigenvalue weighted by atomic mass is 31.1. The molecule has 0 radical (unpaired) electrons. The van der Waals surface area contributed by atoms with Gasteiger partial charge < -0.3 is 9.97 Å². The predicted octanol–water partition coefficient (Wildman–Crippen LogP) is 2.42. The van der Waals surface area contributed by atoms with Crippen molar-refractivity contribution >= 4 is 30.6 Å². The minimum Gasteiger partial charge on any atom is -0.316 e. The van der Waals surface area contributed by atoms with Crippen LogP contribution in [0.3, 0.4) is 0 Å². The lowest BCUT2D eigenvalue weighted by atomic mass is 10.2. The van der Waals surface area contributed by atoms with E-state index in [4.69, 9.17) is 0 Å². The molecule has 0 amide bonds. The van der Waals surface area contributed by atoms with Crippen molar-refractivity contribution in [2.24, 2.45) is 0 Å². The van der Waals surface area contributed by atoms with E-state index in [2.05, 4.69) is 9.97 Å². The number of H-pyrrole nitrogens is 2. The van der Waals surface area contributed by atoms with Crippen LogP contribution in [0.15, 0.2) is 52.1 Å². The van der Waals surface area contributed by atoms with Gasteiger partial charge in [0.15, 0.2) is 0 Å². The van der Waals surface area contributed by atoms with Gasteiger partial charge in [-0.05, 0) is 10.1 Å². The molecule has 0 fully saturated rings. The number of nitrogens with zero attached hydrogens (tertiary/aromatic N) is 2. The van der Waals surface area contributed by atoms with E-state index >= 15 is 0 Å². The largest absolute Gasteiger partial charge is 0.643 e. The third-order valence-corrected chi connectivity index (χ3v) is 4.44. The molecule has 1 aromatic heterocycles. The number of nitrogens with one attached hydrogen (secondary N) is 2. The SMILES string of the molecule is C.O=c1[nH]c2cc([N+](=O)[O-])cc(N(Cc3ccccc3)[P+](=O)O)c2[nH]c1=O. The van der Waals surface area contributed by atoms with Gasteiger partial charge in [0.1, 0.15) is 5.69 Å². The van der Waals surface area contributed by atoms with Crippen molar-refractivity contribution < 1.29 is 14.4 Å². The highest BCUT2D eigenvalue weighted by Gasteiger charge is 2.31. The van der Waals surface area contributed by atoms with Crippen LogP contribution in [0, 0.1) is 10.1 Å². The predicted molar refractivity (Wildman–Crippen MR) is 101 cm³/mol. The van der Waals surface area contributed by atoms with Gasteiger partial charge in [0.05, 0.1) is 22.5 Å². The van der Waals surface area contributed by atoms with Crippen LogP contribution in [0.5, 0.6) is 0 Å². The number of hydrogen-bond donors (Lipinski definition) is 3.